The minimum Gasteiger partial charge on any atom is -0.294 e. The molecule has 0 aliphatic rings. The summed E-state index contributed by atoms with van der Waals surface area (Å²) in [5.74, 6) is -0.109. The Morgan fingerprint density at radius 2 is 2.16 bits per heavy atom. The topological polar surface area (TPSA) is 87.0 Å². The lowest BCUT2D eigenvalue weighted by molar-refractivity contribution is 0.0988. The predicted molar refractivity (Wildman–Crippen MR) is 71.1 cm³/mol. The number of nitrogens with one attached hydrogen (secondary N) is 1. The Labute approximate surface area is 113 Å². The van der Waals surface area contributed by atoms with Gasteiger partial charge in [-0.2, -0.15) is 5.26 Å². The van der Waals surface area contributed by atoms with Crippen molar-refractivity contribution in [3.63, 3.8) is 0 Å². The smallest absolute Gasteiger partial charge is 0.240 e. The summed E-state index contributed by atoms with van der Waals surface area (Å²) in [5.41, 5.74) is 0.373. The molecule has 0 aliphatic carbocycles. The largest absolute Gasteiger partial charge is 0.294 e. The highest BCUT2D eigenvalue weighted by Crippen LogP contribution is 2.13. The standard InChI is InChI=1S/C13H16N2O3S/c1-3-13(16)11-5-4-6-12(9-11)19(17,18)15-10(2)7-8-14/h4-6,9-10,15H,3,7H2,1-2H3. The highest BCUT2D eigenvalue weighted by Gasteiger charge is 2.18. The second kappa shape index (κ2) is 6.45. The normalized spacial score (nSPS) is 12.7. The summed E-state index contributed by atoms with van der Waals surface area (Å²) in [5, 5.41) is 8.52. The van der Waals surface area contributed by atoms with E-state index < -0.39 is 16.1 Å². The Balaban J connectivity index is 3.02. The quantitative estimate of drug-likeness (QED) is 0.806. The Kier molecular flexibility index (Phi) is 5.21. The first-order valence-electron chi connectivity index (χ1n) is 5.93. The predicted octanol–water partition coefficient (Wildman–Crippen LogP) is 1.86. The van der Waals surface area contributed by atoms with Crippen molar-refractivity contribution in [2.24, 2.45) is 0 Å². The van der Waals surface area contributed by atoms with Crippen molar-refractivity contribution in [2.75, 3.05) is 0 Å². The van der Waals surface area contributed by atoms with E-state index in [1.165, 1.54) is 18.2 Å². The van der Waals surface area contributed by atoms with Gasteiger partial charge in [-0.3, -0.25) is 4.79 Å². The molecule has 5 nitrogen and oxygen atoms in total. The highest BCUT2D eigenvalue weighted by atomic mass is 32.2. The molecule has 1 aromatic rings. The highest BCUT2D eigenvalue weighted by molar-refractivity contribution is 7.89. The van der Waals surface area contributed by atoms with E-state index in [-0.39, 0.29) is 17.1 Å². The number of carbonyl (C=O) groups is 1. The lowest BCUT2D eigenvalue weighted by Crippen LogP contribution is -2.32. The lowest BCUT2D eigenvalue weighted by Gasteiger charge is -2.11. The molecule has 0 heterocycles. The summed E-state index contributed by atoms with van der Waals surface area (Å²) in [6.45, 7) is 3.33. The molecule has 19 heavy (non-hydrogen) atoms. The lowest BCUT2D eigenvalue weighted by atomic mass is 10.1. The van der Waals surface area contributed by atoms with E-state index in [2.05, 4.69) is 4.72 Å². The molecule has 0 aromatic heterocycles. The first-order valence-corrected chi connectivity index (χ1v) is 7.41. The molecule has 1 rings (SSSR count). The van der Waals surface area contributed by atoms with Crippen molar-refractivity contribution in [1.82, 2.24) is 4.72 Å². The number of nitrogens with zero attached hydrogens (tertiary/aromatic N) is 1. The van der Waals surface area contributed by atoms with Crippen LogP contribution in [0.1, 0.15) is 37.0 Å². The summed E-state index contributed by atoms with van der Waals surface area (Å²) in [6, 6.07) is 7.33. The first-order chi connectivity index (χ1) is 8.90. The molecule has 0 fully saturated rings. The summed E-state index contributed by atoms with van der Waals surface area (Å²) < 4.78 is 26.5. The van der Waals surface area contributed by atoms with Gasteiger partial charge >= 0.3 is 0 Å². The molecule has 0 amide bonds. The Hall–Kier alpha value is -1.71. The molecule has 0 bridgehead atoms. The van der Waals surface area contributed by atoms with Gasteiger partial charge in [0.1, 0.15) is 0 Å². The Morgan fingerprint density at radius 3 is 2.74 bits per heavy atom. The van der Waals surface area contributed by atoms with Gasteiger partial charge in [0, 0.05) is 18.0 Å². The van der Waals surface area contributed by atoms with Crippen LogP contribution >= 0.6 is 0 Å². The number of carbonyl (C=O) groups excluding carboxylic acids is 1. The monoisotopic (exact) mass is 280 g/mol. The van der Waals surface area contributed by atoms with Gasteiger partial charge in [0.15, 0.2) is 5.78 Å². The number of nitriles is 1. The molecule has 0 aliphatic heterocycles. The van der Waals surface area contributed by atoms with Gasteiger partial charge in [0.05, 0.1) is 17.4 Å². The van der Waals surface area contributed by atoms with Crippen molar-refractivity contribution < 1.29 is 13.2 Å². The molecule has 1 N–H and O–H groups in total. The van der Waals surface area contributed by atoms with Gasteiger partial charge < -0.3 is 0 Å². The van der Waals surface area contributed by atoms with Crippen LogP contribution < -0.4 is 4.72 Å². The van der Waals surface area contributed by atoms with Gasteiger partial charge in [0.25, 0.3) is 0 Å². The fourth-order valence-corrected chi connectivity index (χ4v) is 2.84. The number of Topliss-reactive ketones (excluding diaryl/α,β-unsaturated/α-hetero) is 1. The number of benzene rings is 1. The van der Waals surface area contributed by atoms with E-state index >= 15 is 0 Å². The molecular formula is C13H16N2O3S. The fourth-order valence-electron chi connectivity index (χ4n) is 1.55. The van der Waals surface area contributed by atoms with Crippen LogP contribution in [0.2, 0.25) is 0 Å². The van der Waals surface area contributed by atoms with Crippen molar-refractivity contribution in [3.8, 4) is 6.07 Å². The second-order valence-electron chi connectivity index (χ2n) is 4.19. The first kappa shape index (κ1) is 15.3. The molecule has 0 spiro atoms. The van der Waals surface area contributed by atoms with Crippen LogP contribution in [0.15, 0.2) is 29.2 Å². The summed E-state index contributed by atoms with van der Waals surface area (Å²) in [4.78, 5) is 11.6. The summed E-state index contributed by atoms with van der Waals surface area (Å²) in [6.07, 6.45) is 0.411. The van der Waals surface area contributed by atoms with Crippen molar-refractivity contribution in [3.05, 3.63) is 29.8 Å². The van der Waals surface area contributed by atoms with Crippen molar-refractivity contribution >= 4 is 15.8 Å². The van der Waals surface area contributed by atoms with Gasteiger partial charge in [-0.1, -0.05) is 19.1 Å². The van der Waals surface area contributed by atoms with Crippen LogP contribution in [0.4, 0.5) is 0 Å². The zero-order valence-electron chi connectivity index (χ0n) is 10.9. The van der Waals surface area contributed by atoms with E-state index in [4.69, 9.17) is 5.26 Å². The molecule has 0 saturated heterocycles. The van der Waals surface area contributed by atoms with E-state index in [1.54, 1.807) is 19.9 Å². The van der Waals surface area contributed by atoms with Crippen LogP contribution in [0.25, 0.3) is 0 Å². The van der Waals surface area contributed by atoms with Crippen LogP contribution in [-0.4, -0.2) is 20.2 Å². The SMILES string of the molecule is CCC(=O)c1cccc(S(=O)(=O)NC(C)CC#N)c1. The van der Waals surface area contributed by atoms with Crippen LogP contribution in [0.3, 0.4) is 0 Å². The third-order valence-electron chi connectivity index (χ3n) is 2.54. The van der Waals surface area contributed by atoms with E-state index in [9.17, 15) is 13.2 Å². The number of sulfonamides is 1. The maximum Gasteiger partial charge on any atom is 0.240 e. The Bertz CT molecular complexity index is 603. The second-order valence-corrected chi connectivity index (χ2v) is 5.90. The average molecular weight is 280 g/mol. The molecule has 1 aromatic carbocycles. The van der Waals surface area contributed by atoms with Crippen LogP contribution in [0, 0.1) is 11.3 Å². The zero-order valence-corrected chi connectivity index (χ0v) is 11.7. The maximum atomic E-state index is 12.0. The van der Waals surface area contributed by atoms with Gasteiger partial charge in [-0.05, 0) is 19.1 Å². The molecular weight excluding hydrogens is 264 g/mol. The van der Waals surface area contributed by atoms with Crippen LogP contribution in [0.5, 0.6) is 0 Å². The van der Waals surface area contributed by atoms with Crippen LogP contribution in [-0.2, 0) is 10.0 Å². The van der Waals surface area contributed by atoms with E-state index in [0.717, 1.165) is 0 Å². The third-order valence-corrected chi connectivity index (χ3v) is 4.13. The Morgan fingerprint density at radius 1 is 1.47 bits per heavy atom. The summed E-state index contributed by atoms with van der Waals surface area (Å²) >= 11 is 0. The number of rotatable bonds is 6. The van der Waals surface area contributed by atoms with E-state index in [0.29, 0.717) is 12.0 Å². The molecule has 102 valence electrons. The molecule has 1 atom stereocenters. The fraction of sp³-hybridized carbons (Fsp3) is 0.385. The number of ketones is 1. The maximum absolute atomic E-state index is 12.0. The molecule has 1 unspecified atom stereocenters. The van der Waals surface area contributed by atoms with E-state index in [1.807, 2.05) is 6.07 Å². The van der Waals surface area contributed by atoms with Gasteiger partial charge in [-0.15, -0.1) is 0 Å². The molecule has 0 saturated carbocycles. The number of hydrogen-bond donors (Lipinski definition) is 1. The number of hydrogen-bond acceptors (Lipinski definition) is 4. The minimum atomic E-state index is -3.70. The zero-order chi connectivity index (χ0) is 14.5. The summed E-state index contributed by atoms with van der Waals surface area (Å²) in [7, 11) is -3.70. The van der Waals surface area contributed by atoms with Gasteiger partial charge in [0.2, 0.25) is 10.0 Å². The molecule has 0 radical (unpaired) electrons. The van der Waals surface area contributed by atoms with Crippen molar-refractivity contribution in [2.45, 2.75) is 37.6 Å². The third kappa shape index (κ3) is 4.16. The van der Waals surface area contributed by atoms with Gasteiger partial charge in [-0.25, -0.2) is 13.1 Å². The average Bonchev–Trinajstić information content (AvgIpc) is 2.37. The minimum absolute atomic E-state index is 0.0385. The molecule has 6 heteroatoms. The van der Waals surface area contributed by atoms with Crippen molar-refractivity contribution in [1.29, 1.82) is 5.26 Å².